The summed E-state index contributed by atoms with van der Waals surface area (Å²) in [6, 6.07) is 14.2. The molecule has 1 aliphatic rings. The van der Waals surface area contributed by atoms with Crippen LogP contribution in [-0.2, 0) is 29.7 Å². The van der Waals surface area contributed by atoms with E-state index >= 15 is 0 Å². The zero-order chi connectivity index (χ0) is 22.0. The molecule has 1 aromatic heterocycles. The molecule has 7 nitrogen and oxygen atoms in total. The molecule has 0 unspecified atom stereocenters. The number of rotatable bonds is 6. The molecule has 4 rings (SSSR count). The number of hydrogen-bond acceptors (Lipinski definition) is 4. The predicted octanol–water partition coefficient (Wildman–Crippen LogP) is 2.23. The Morgan fingerprint density at radius 1 is 1.23 bits per heavy atom. The summed E-state index contributed by atoms with van der Waals surface area (Å²) in [5.74, 6) is -0.125. The molecule has 0 bridgehead atoms. The first-order valence-electron chi connectivity index (χ1n) is 10.6. The lowest BCUT2D eigenvalue weighted by Gasteiger charge is -2.35. The maximum absolute atomic E-state index is 12.9. The van der Waals surface area contributed by atoms with Crippen LogP contribution in [0.5, 0.6) is 0 Å². The van der Waals surface area contributed by atoms with E-state index in [0.29, 0.717) is 19.6 Å². The molecule has 0 radical (unpaired) electrons. The van der Waals surface area contributed by atoms with Crippen molar-refractivity contribution in [2.24, 2.45) is 7.05 Å². The Bertz CT molecular complexity index is 1110. The third-order valence-electron chi connectivity index (χ3n) is 5.96. The molecule has 0 saturated carbocycles. The van der Waals surface area contributed by atoms with E-state index in [9.17, 15) is 9.59 Å². The summed E-state index contributed by atoms with van der Waals surface area (Å²) in [5, 5.41) is 9.63. The number of carbonyl (C=O) groups excluding carboxylic acids is 2. The molecular formula is C24H29N5O2. The lowest BCUT2D eigenvalue weighted by Crippen LogP contribution is -2.56. The minimum Gasteiger partial charge on any atom is -0.353 e. The Balaban J connectivity index is 1.45. The van der Waals surface area contributed by atoms with E-state index in [1.807, 2.05) is 32.3 Å². The Morgan fingerprint density at radius 3 is 2.74 bits per heavy atom. The van der Waals surface area contributed by atoms with E-state index in [1.54, 1.807) is 16.6 Å². The van der Waals surface area contributed by atoms with Crippen molar-refractivity contribution in [1.29, 1.82) is 0 Å². The van der Waals surface area contributed by atoms with Crippen molar-refractivity contribution < 1.29 is 9.59 Å². The molecule has 1 N–H and O–H groups in total. The summed E-state index contributed by atoms with van der Waals surface area (Å²) < 4.78 is 1.75. The molecule has 162 valence electrons. The van der Waals surface area contributed by atoms with Gasteiger partial charge in [0.2, 0.25) is 11.8 Å². The second-order valence-corrected chi connectivity index (χ2v) is 8.33. The minimum atomic E-state index is -0.467. The van der Waals surface area contributed by atoms with Gasteiger partial charge >= 0.3 is 0 Å². The number of hydrogen-bond donors (Lipinski definition) is 1. The van der Waals surface area contributed by atoms with Crippen molar-refractivity contribution in [2.45, 2.75) is 32.5 Å². The van der Waals surface area contributed by atoms with E-state index in [1.165, 1.54) is 10.8 Å². The van der Waals surface area contributed by atoms with Crippen molar-refractivity contribution in [1.82, 2.24) is 24.9 Å². The van der Waals surface area contributed by atoms with Crippen LogP contribution in [-0.4, -0.2) is 57.6 Å². The average molecular weight is 420 g/mol. The van der Waals surface area contributed by atoms with Crippen LogP contribution in [0, 0.1) is 6.92 Å². The van der Waals surface area contributed by atoms with Crippen molar-refractivity contribution in [3.8, 4) is 0 Å². The number of fused-ring (bicyclic) bond motifs is 1. The summed E-state index contributed by atoms with van der Waals surface area (Å²) in [7, 11) is 3.65. The largest absolute Gasteiger partial charge is 0.353 e. The van der Waals surface area contributed by atoms with Gasteiger partial charge in [0.05, 0.1) is 18.2 Å². The Labute approximate surface area is 182 Å². The van der Waals surface area contributed by atoms with E-state index in [0.717, 1.165) is 23.4 Å². The van der Waals surface area contributed by atoms with Crippen LogP contribution >= 0.6 is 0 Å². The first-order valence-corrected chi connectivity index (χ1v) is 10.6. The van der Waals surface area contributed by atoms with Gasteiger partial charge in [-0.05, 0) is 29.3 Å². The zero-order valence-corrected chi connectivity index (χ0v) is 18.3. The monoisotopic (exact) mass is 419 g/mol. The van der Waals surface area contributed by atoms with Gasteiger partial charge in [-0.15, -0.1) is 0 Å². The van der Waals surface area contributed by atoms with Gasteiger partial charge in [-0.3, -0.25) is 19.2 Å². The van der Waals surface area contributed by atoms with Crippen LogP contribution in [0.15, 0.2) is 48.7 Å². The van der Waals surface area contributed by atoms with Gasteiger partial charge in [0.1, 0.15) is 0 Å². The smallest absolute Gasteiger partial charge is 0.237 e. The molecule has 1 atom stereocenters. The first-order chi connectivity index (χ1) is 14.9. The van der Waals surface area contributed by atoms with E-state index in [4.69, 9.17) is 0 Å². The highest BCUT2D eigenvalue weighted by Gasteiger charge is 2.32. The molecule has 31 heavy (non-hydrogen) atoms. The predicted molar refractivity (Wildman–Crippen MR) is 120 cm³/mol. The SMILES string of the molecule is Cc1nn(C)cc1CN(C)C(=O)C[C@H]1C(=O)NCCN1Cc1ccc2ccccc2c1. The quantitative estimate of drug-likeness (QED) is 0.665. The van der Waals surface area contributed by atoms with Crippen LogP contribution in [0.4, 0.5) is 0 Å². The van der Waals surface area contributed by atoms with Crippen LogP contribution in [0.3, 0.4) is 0 Å². The number of aryl methyl sites for hydroxylation is 2. The molecule has 2 amide bonds. The van der Waals surface area contributed by atoms with Crippen molar-refractivity contribution >= 4 is 22.6 Å². The van der Waals surface area contributed by atoms with E-state index in [2.05, 4.69) is 45.6 Å². The Hall–Kier alpha value is -3.19. The molecule has 2 aromatic carbocycles. The van der Waals surface area contributed by atoms with Gasteiger partial charge in [-0.25, -0.2) is 0 Å². The highest BCUT2D eigenvalue weighted by Crippen LogP contribution is 2.20. The topological polar surface area (TPSA) is 70.5 Å². The highest BCUT2D eigenvalue weighted by molar-refractivity contribution is 5.89. The average Bonchev–Trinajstić information content (AvgIpc) is 3.06. The van der Waals surface area contributed by atoms with Crippen LogP contribution in [0.25, 0.3) is 10.8 Å². The molecule has 3 aromatic rings. The summed E-state index contributed by atoms with van der Waals surface area (Å²) in [6.45, 7) is 4.39. The fraction of sp³-hybridized carbons (Fsp3) is 0.375. The summed E-state index contributed by atoms with van der Waals surface area (Å²) >= 11 is 0. The van der Waals surface area contributed by atoms with E-state index in [-0.39, 0.29) is 18.2 Å². The second-order valence-electron chi connectivity index (χ2n) is 8.33. The molecule has 7 heteroatoms. The van der Waals surface area contributed by atoms with Crippen molar-refractivity contribution in [3.05, 3.63) is 65.5 Å². The third-order valence-corrected chi connectivity index (χ3v) is 5.96. The molecule has 0 spiro atoms. The van der Waals surface area contributed by atoms with E-state index < -0.39 is 6.04 Å². The Kier molecular flexibility index (Phi) is 6.04. The minimum absolute atomic E-state index is 0.0474. The van der Waals surface area contributed by atoms with Gasteiger partial charge in [-0.2, -0.15) is 5.10 Å². The number of nitrogens with one attached hydrogen (secondary N) is 1. The van der Waals surface area contributed by atoms with Crippen LogP contribution < -0.4 is 5.32 Å². The fourth-order valence-electron chi connectivity index (χ4n) is 4.21. The Morgan fingerprint density at radius 2 is 2.00 bits per heavy atom. The van der Waals surface area contributed by atoms with Crippen molar-refractivity contribution in [3.63, 3.8) is 0 Å². The number of piperazine rings is 1. The van der Waals surface area contributed by atoms with Gasteiger partial charge in [0, 0.05) is 52.0 Å². The van der Waals surface area contributed by atoms with Crippen LogP contribution in [0.2, 0.25) is 0 Å². The number of amides is 2. The van der Waals surface area contributed by atoms with Crippen LogP contribution in [0.1, 0.15) is 23.2 Å². The lowest BCUT2D eigenvalue weighted by molar-refractivity contribution is -0.138. The molecular weight excluding hydrogens is 390 g/mol. The molecule has 2 heterocycles. The lowest BCUT2D eigenvalue weighted by atomic mass is 10.0. The molecule has 1 fully saturated rings. The molecule has 1 saturated heterocycles. The van der Waals surface area contributed by atoms with Crippen molar-refractivity contribution in [2.75, 3.05) is 20.1 Å². The first kappa shape index (κ1) is 21.1. The highest BCUT2D eigenvalue weighted by atomic mass is 16.2. The number of carbonyl (C=O) groups is 2. The van der Waals surface area contributed by atoms with Gasteiger partial charge in [-0.1, -0.05) is 36.4 Å². The summed E-state index contributed by atoms with van der Waals surface area (Å²) in [6.07, 6.45) is 2.09. The second kappa shape index (κ2) is 8.89. The number of aromatic nitrogens is 2. The number of benzene rings is 2. The third kappa shape index (κ3) is 4.77. The maximum Gasteiger partial charge on any atom is 0.237 e. The standard InChI is InChI=1S/C24H29N5O2/c1-17-21(16-28(3)26-17)15-27(2)23(30)13-22-24(31)25-10-11-29(22)14-18-8-9-19-6-4-5-7-20(19)12-18/h4-9,12,16,22H,10-11,13-15H2,1-3H3,(H,25,31)/t22-/m0/s1. The summed E-state index contributed by atoms with van der Waals surface area (Å²) in [4.78, 5) is 29.4. The van der Waals surface area contributed by atoms with Gasteiger partial charge < -0.3 is 10.2 Å². The summed E-state index contributed by atoms with van der Waals surface area (Å²) in [5.41, 5.74) is 3.07. The molecule has 0 aliphatic carbocycles. The van der Waals surface area contributed by atoms with Gasteiger partial charge in [0.25, 0.3) is 0 Å². The fourth-order valence-corrected chi connectivity index (χ4v) is 4.21. The normalized spacial score (nSPS) is 17.0. The number of nitrogens with zero attached hydrogens (tertiary/aromatic N) is 4. The molecule has 1 aliphatic heterocycles. The maximum atomic E-state index is 12.9. The zero-order valence-electron chi connectivity index (χ0n) is 18.3. The van der Waals surface area contributed by atoms with Gasteiger partial charge in [0.15, 0.2) is 0 Å².